The number of carbonyl (C=O) groups excluding carboxylic acids is 1. The van der Waals surface area contributed by atoms with Crippen molar-refractivity contribution in [3.05, 3.63) is 29.3 Å². The molecule has 2 amide bonds. The molecule has 1 aromatic rings. The monoisotopic (exact) mass is 445 g/mol. The SMILES string of the molecule is CC1=CCC[C@H]1NC(=O)Nc1ccc(C#N)c(S(=O)(=O)C(C)(C)CC(F)(F)F)c1O. The molecule has 0 saturated carbocycles. The van der Waals surface area contributed by atoms with Crippen molar-refractivity contribution in [1.29, 1.82) is 5.26 Å². The summed E-state index contributed by atoms with van der Waals surface area (Å²) in [5.41, 5.74) is 0.0853. The number of aromatic hydroxyl groups is 1. The first kappa shape index (κ1) is 23.5. The molecule has 0 spiro atoms. The van der Waals surface area contributed by atoms with Gasteiger partial charge in [-0.25, -0.2) is 13.2 Å². The van der Waals surface area contributed by atoms with Gasteiger partial charge in [0.25, 0.3) is 0 Å². The van der Waals surface area contributed by atoms with E-state index in [1.54, 1.807) is 6.07 Å². The van der Waals surface area contributed by atoms with E-state index < -0.39 is 49.4 Å². The van der Waals surface area contributed by atoms with Crippen molar-refractivity contribution < 1.29 is 31.5 Å². The molecule has 1 atom stereocenters. The highest BCUT2D eigenvalue weighted by Crippen LogP contribution is 2.42. The van der Waals surface area contributed by atoms with Crippen molar-refractivity contribution in [2.24, 2.45) is 0 Å². The van der Waals surface area contributed by atoms with Crippen LogP contribution in [-0.2, 0) is 9.84 Å². The van der Waals surface area contributed by atoms with Crippen LogP contribution in [0.2, 0.25) is 0 Å². The average Bonchev–Trinajstić information content (AvgIpc) is 2.98. The van der Waals surface area contributed by atoms with Gasteiger partial charge < -0.3 is 15.7 Å². The van der Waals surface area contributed by atoms with Crippen LogP contribution in [0.1, 0.15) is 45.6 Å². The Balaban J connectivity index is 2.42. The van der Waals surface area contributed by atoms with Crippen LogP contribution in [0.5, 0.6) is 5.75 Å². The first-order valence-corrected chi connectivity index (χ1v) is 10.5. The molecule has 7 nitrogen and oxygen atoms in total. The lowest BCUT2D eigenvalue weighted by molar-refractivity contribution is -0.139. The third-order valence-electron chi connectivity index (χ3n) is 4.90. The van der Waals surface area contributed by atoms with Gasteiger partial charge in [0.05, 0.1) is 28.5 Å². The largest absolute Gasteiger partial charge is 0.504 e. The average molecular weight is 445 g/mol. The standard InChI is InChI=1S/C19H22F3N3O4S/c1-11-5-4-6-13(11)24-17(27)25-14-8-7-12(9-23)16(15(14)26)30(28,29)18(2,3)10-19(20,21)22/h5,7-8,13,26H,4,6,10H2,1-3H3,(H2,24,25,27)/t13-/m1/s1. The second-order valence-electron chi connectivity index (χ2n) is 7.68. The molecule has 0 bridgehead atoms. The summed E-state index contributed by atoms with van der Waals surface area (Å²) in [5.74, 6) is -0.988. The van der Waals surface area contributed by atoms with Crippen molar-refractivity contribution >= 4 is 21.6 Å². The number of phenols is 1. The molecule has 1 aliphatic rings. The van der Waals surface area contributed by atoms with Gasteiger partial charge in [-0.15, -0.1) is 0 Å². The van der Waals surface area contributed by atoms with Crippen molar-refractivity contribution in [3.8, 4) is 11.8 Å². The molecule has 1 aromatic carbocycles. The fourth-order valence-electron chi connectivity index (χ4n) is 3.24. The Morgan fingerprint density at radius 2 is 1.97 bits per heavy atom. The molecule has 0 aliphatic heterocycles. The van der Waals surface area contributed by atoms with Gasteiger partial charge in [0.15, 0.2) is 15.6 Å². The third-order valence-corrected chi connectivity index (χ3v) is 7.45. The number of urea groups is 1. The number of nitrogens with one attached hydrogen (secondary N) is 2. The molecule has 0 saturated heterocycles. The lowest BCUT2D eigenvalue weighted by Gasteiger charge is -2.27. The van der Waals surface area contributed by atoms with Crippen molar-refractivity contribution in [3.63, 3.8) is 0 Å². The topological polar surface area (TPSA) is 119 Å². The molecule has 30 heavy (non-hydrogen) atoms. The van der Waals surface area contributed by atoms with E-state index in [9.17, 15) is 36.8 Å². The second kappa shape index (κ2) is 8.18. The summed E-state index contributed by atoms with van der Waals surface area (Å²) in [6.45, 7) is 3.56. The minimum atomic E-state index is -4.81. The number of hydrogen-bond donors (Lipinski definition) is 3. The van der Waals surface area contributed by atoms with Crippen LogP contribution in [0.15, 0.2) is 28.7 Å². The number of anilines is 1. The first-order valence-electron chi connectivity index (χ1n) is 9.01. The molecule has 0 heterocycles. The first-order chi connectivity index (χ1) is 13.7. The smallest absolute Gasteiger partial charge is 0.390 e. The fourth-order valence-corrected chi connectivity index (χ4v) is 4.91. The number of sulfone groups is 1. The fraction of sp³-hybridized carbons (Fsp3) is 0.474. The molecule has 0 fully saturated rings. The number of nitriles is 1. The molecule has 2 rings (SSSR count). The lowest BCUT2D eigenvalue weighted by atomic mass is 10.1. The Kier molecular flexibility index (Phi) is 6.42. The molecule has 164 valence electrons. The van der Waals surface area contributed by atoms with Crippen LogP contribution in [0, 0.1) is 11.3 Å². The Morgan fingerprint density at radius 3 is 2.47 bits per heavy atom. The maximum Gasteiger partial charge on any atom is 0.390 e. The minimum Gasteiger partial charge on any atom is -0.504 e. The summed E-state index contributed by atoms with van der Waals surface area (Å²) in [6.07, 6.45) is -3.05. The molecule has 11 heteroatoms. The number of phenolic OH excluding ortho intramolecular Hbond substituents is 1. The minimum absolute atomic E-state index is 0.223. The molecular formula is C19H22F3N3O4S. The normalized spacial score (nSPS) is 17.2. The van der Waals surface area contributed by atoms with Crippen molar-refractivity contribution in [1.82, 2.24) is 5.32 Å². The summed E-state index contributed by atoms with van der Waals surface area (Å²) >= 11 is 0. The van der Waals surface area contributed by atoms with E-state index >= 15 is 0 Å². The summed E-state index contributed by atoms with van der Waals surface area (Å²) in [6, 6.07) is 2.75. The number of nitrogens with zero attached hydrogens (tertiary/aromatic N) is 1. The van der Waals surface area contributed by atoms with Gasteiger partial charge in [0.1, 0.15) is 11.0 Å². The number of rotatable bonds is 5. The molecule has 0 unspecified atom stereocenters. The quantitative estimate of drug-likeness (QED) is 0.468. The molecule has 1 aliphatic carbocycles. The number of hydrogen-bond acceptors (Lipinski definition) is 5. The number of alkyl halides is 3. The van der Waals surface area contributed by atoms with Crippen LogP contribution in [-0.4, -0.2) is 36.5 Å². The van der Waals surface area contributed by atoms with Crippen LogP contribution >= 0.6 is 0 Å². The van der Waals surface area contributed by atoms with E-state index in [1.165, 1.54) is 0 Å². The van der Waals surface area contributed by atoms with E-state index in [2.05, 4.69) is 10.6 Å². The van der Waals surface area contributed by atoms with Crippen molar-refractivity contribution in [2.75, 3.05) is 5.32 Å². The number of halogens is 3. The second-order valence-corrected chi connectivity index (χ2v) is 10.2. The third kappa shape index (κ3) is 4.87. The zero-order chi connectivity index (χ0) is 22.9. The van der Waals surface area contributed by atoms with Crippen LogP contribution in [0.25, 0.3) is 0 Å². The number of allylic oxidation sites excluding steroid dienone is 1. The summed E-state index contributed by atoms with van der Waals surface area (Å²) < 4.78 is 62.2. The summed E-state index contributed by atoms with van der Waals surface area (Å²) in [7, 11) is -4.81. The van der Waals surface area contributed by atoms with Gasteiger partial charge in [-0.3, -0.25) is 0 Å². The Labute approximate surface area is 172 Å². The van der Waals surface area contributed by atoms with Gasteiger partial charge >= 0.3 is 12.2 Å². The van der Waals surface area contributed by atoms with E-state index in [1.807, 2.05) is 13.0 Å². The maximum absolute atomic E-state index is 12.9. The molecule has 0 aromatic heterocycles. The van der Waals surface area contributed by atoms with E-state index in [0.29, 0.717) is 6.42 Å². The van der Waals surface area contributed by atoms with Gasteiger partial charge in [0.2, 0.25) is 0 Å². The van der Waals surface area contributed by atoms with Gasteiger partial charge in [-0.1, -0.05) is 11.6 Å². The molecular weight excluding hydrogens is 423 g/mol. The number of amides is 2. The molecule has 3 N–H and O–H groups in total. The highest BCUT2D eigenvalue weighted by molar-refractivity contribution is 7.93. The predicted octanol–water partition coefficient (Wildman–Crippen LogP) is 4.00. The zero-order valence-electron chi connectivity index (χ0n) is 16.6. The highest BCUT2D eigenvalue weighted by atomic mass is 32.2. The predicted molar refractivity (Wildman–Crippen MR) is 104 cm³/mol. The van der Waals surface area contributed by atoms with Gasteiger partial charge in [-0.2, -0.15) is 18.4 Å². The van der Waals surface area contributed by atoms with Gasteiger partial charge in [0, 0.05) is 0 Å². The van der Waals surface area contributed by atoms with Crippen LogP contribution < -0.4 is 10.6 Å². The number of benzene rings is 1. The van der Waals surface area contributed by atoms with Gasteiger partial charge in [-0.05, 0) is 45.7 Å². The van der Waals surface area contributed by atoms with E-state index in [4.69, 9.17) is 0 Å². The van der Waals surface area contributed by atoms with Crippen LogP contribution in [0.3, 0.4) is 0 Å². The van der Waals surface area contributed by atoms with Crippen LogP contribution in [0.4, 0.5) is 23.7 Å². The maximum atomic E-state index is 12.9. The number of carbonyl (C=O) groups is 1. The lowest BCUT2D eigenvalue weighted by Crippen LogP contribution is -2.38. The van der Waals surface area contributed by atoms with Crippen molar-refractivity contribution in [2.45, 2.75) is 61.9 Å². The van der Waals surface area contributed by atoms with E-state index in [0.717, 1.165) is 38.0 Å². The van der Waals surface area contributed by atoms with E-state index in [-0.39, 0.29) is 11.7 Å². The summed E-state index contributed by atoms with van der Waals surface area (Å²) in [4.78, 5) is 11.3. The molecule has 0 radical (unpaired) electrons. The Hall–Kier alpha value is -2.74. The Bertz CT molecular complexity index is 1020. The highest BCUT2D eigenvalue weighted by Gasteiger charge is 2.47. The Morgan fingerprint density at radius 1 is 1.33 bits per heavy atom. The zero-order valence-corrected chi connectivity index (χ0v) is 17.4. The summed E-state index contributed by atoms with van der Waals surface area (Å²) in [5, 5.41) is 24.7.